The molecule has 3 aromatic rings. The zero-order valence-electron chi connectivity index (χ0n) is 14.1. The summed E-state index contributed by atoms with van der Waals surface area (Å²) in [6.45, 7) is 3.01. The Labute approximate surface area is 153 Å². The first-order valence-electron chi connectivity index (χ1n) is 7.70. The van der Waals surface area contributed by atoms with Gasteiger partial charge in [-0.1, -0.05) is 35.5 Å². The number of ether oxygens (including phenoxy) is 1. The standard InChI is InChI=1S/C17H16N4O4S/c1-9-13(14(18)25-21-9)16(23)24-10(2)15(22)20-17-19-12(8-26-17)11-6-4-3-5-7-11/h3-8,10H,18H2,1-2H3,(H,19,20,22). The molecule has 0 bridgehead atoms. The van der Waals surface area contributed by atoms with Crippen molar-refractivity contribution in [2.45, 2.75) is 20.0 Å². The fourth-order valence-corrected chi connectivity index (χ4v) is 2.91. The molecule has 0 aliphatic heterocycles. The molecule has 0 spiro atoms. The van der Waals surface area contributed by atoms with Gasteiger partial charge in [0.15, 0.2) is 11.2 Å². The molecule has 2 aromatic heterocycles. The van der Waals surface area contributed by atoms with Crippen LogP contribution in [0.4, 0.5) is 11.0 Å². The van der Waals surface area contributed by atoms with E-state index >= 15 is 0 Å². The van der Waals surface area contributed by atoms with Gasteiger partial charge < -0.3 is 15.0 Å². The van der Waals surface area contributed by atoms with Crippen LogP contribution in [0.2, 0.25) is 0 Å². The van der Waals surface area contributed by atoms with Crippen LogP contribution in [0.3, 0.4) is 0 Å². The first-order valence-corrected chi connectivity index (χ1v) is 8.58. The molecule has 1 aromatic carbocycles. The van der Waals surface area contributed by atoms with Crippen molar-refractivity contribution >= 4 is 34.2 Å². The summed E-state index contributed by atoms with van der Waals surface area (Å²) in [4.78, 5) is 28.7. The molecule has 0 saturated carbocycles. The van der Waals surface area contributed by atoms with Crippen molar-refractivity contribution in [3.05, 3.63) is 47.0 Å². The summed E-state index contributed by atoms with van der Waals surface area (Å²) in [5, 5.41) is 8.46. The number of thiazole rings is 1. The van der Waals surface area contributed by atoms with Crippen LogP contribution in [-0.2, 0) is 9.53 Å². The molecule has 0 aliphatic rings. The summed E-state index contributed by atoms with van der Waals surface area (Å²) >= 11 is 1.28. The maximum absolute atomic E-state index is 12.2. The van der Waals surface area contributed by atoms with Gasteiger partial charge in [0.05, 0.1) is 11.4 Å². The Kier molecular flexibility index (Phi) is 4.99. The third kappa shape index (κ3) is 3.72. The molecule has 26 heavy (non-hydrogen) atoms. The number of aromatic nitrogens is 2. The highest BCUT2D eigenvalue weighted by atomic mass is 32.1. The van der Waals surface area contributed by atoms with E-state index < -0.39 is 18.0 Å². The molecule has 1 atom stereocenters. The highest BCUT2D eigenvalue weighted by Gasteiger charge is 2.25. The van der Waals surface area contributed by atoms with E-state index in [0.717, 1.165) is 11.3 Å². The minimum atomic E-state index is -1.04. The van der Waals surface area contributed by atoms with Crippen LogP contribution in [0.1, 0.15) is 23.0 Å². The Bertz CT molecular complexity index is 916. The second-order valence-corrected chi connectivity index (χ2v) is 6.31. The van der Waals surface area contributed by atoms with Crippen LogP contribution in [0, 0.1) is 6.92 Å². The zero-order chi connectivity index (χ0) is 18.7. The quantitative estimate of drug-likeness (QED) is 0.661. The number of benzene rings is 1. The first-order chi connectivity index (χ1) is 12.5. The Morgan fingerprint density at radius 1 is 1.31 bits per heavy atom. The Balaban J connectivity index is 1.63. The van der Waals surface area contributed by atoms with Crippen molar-refractivity contribution in [2.75, 3.05) is 11.1 Å². The van der Waals surface area contributed by atoms with Crippen LogP contribution in [0.5, 0.6) is 0 Å². The van der Waals surface area contributed by atoms with E-state index in [1.54, 1.807) is 6.92 Å². The maximum atomic E-state index is 12.2. The van der Waals surface area contributed by atoms with E-state index in [2.05, 4.69) is 15.5 Å². The average molecular weight is 372 g/mol. The smallest absolute Gasteiger partial charge is 0.346 e. The number of anilines is 2. The number of nitrogens with zero attached hydrogens (tertiary/aromatic N) is 2. The van der Waals surface area contributed by atoms with Gasteiger partial charge in [-0.05, 0) is 13.8 Å². The number of nitrogens with two attached hydrogens (primary N) is 1. The predicted octanol–water partition coefficient (Wildman–Crippen LogP) is 2.87. The molecule has 0 fully saturated rings. The average Bonchev–Trinajstić information content (AvgIpc) is 3.22. The summed E-state index contributed by atoms with van der Waals surface area (Å²) in [6, 6.07) is 9.59. The number of rotatable bonds is 5. The summed E-state index contributed by atoms with van der Waals surface area (Å²) < 4.78 is 9.84. The molecular formula is C17H16N4O4S. The minimum absolute atomic E-state index is 0.0188. The Morgan fingerprint density at radius 3 is 2.69 bits per heavy atom. The van der Waals surface area contributed by atoms with E-state index in [9.17, 15) is 9.59 Å². The van der Waals surface area contributed by atoms with E-state index in [1.807, 2.05) is 35.7 Å². The van der Waals surface area contributed by atoms with Crippen LogP contribution in [0.15, 0.2) is 40.2 Å². The number of esters is 1. The molecule has 3 N–H and O–H groups in total. The topological polar surface area (TPSA) is 120 Å². The van der Waals surface area contributed by atoms with E-state index in [4.69, 9.17) is 15.0 Å². The van der Waals surface area contributed by atoms with Gasteiger partial charge in [-0.25, -0.2) is 9.78 Å². The number of hydrogen-bond acceptors (Lipinski definition) is 8. The van der Waals surface area contributed by atoms with Crippen molar-refractivity contribution in [3.8, 4) is 11.3 Å². The van der Waals surface area contributed by atoms with Crippen molar-refractivity contribution < 1.29 is 18.8 Å². The number of amides is 1. The van der Waals surface area contributed by atoms with Crippen molar-refractivity contribution in [1.29, 1.82) is 0 Å². The van der Waals surface area contributed by atoms with E-state index in [-0.39, 0.29) is 11.4 Å². The minimum Gasteiger partial charge on any atom is -0.449 e. The molecule has 9 heteroatoms. The van der Waals surface area contributed by atoms with Crippen LogP contribution in [0.25, 0.3) is 11.3 Å². The largest absolute Gasteiger partial charge is 0.449 e. The summed E-state index contributed by atoms with van der Waals surface area (Å²) in [5.74, 6) is -1.42. The molecule has 1 amide bonds. The number of hydrogen-bond donors (Lipinski definition) is 2. The van der Waals surface area contributed by atoms with E-state index in [1.165, 1.54) is 18.3 Å². The zero-order valence-corrected chi connectivity index (χ0v) is 14.9. The van der Waals surface area contributed by atoms with Gasteiger partial charge in [-0.2, -0.15) is 0 Å². The maximum Gasteiger partial charge on any atom is 0.346 e. The Morgan fingerprint density at radius 2 is 2.04 bits per heavy atom. The summed E-state index contributed by atoms with van der Waals surface area (Å²) in [5.41, 5.74) is 7.55. The van der Waals surface area contributed by atoms with Crippen molar-refractivity contribution in [1.82, 2.24) is 10.1 Å². The van der Waals surface area contributed by atoms with Gasteiger partial charge in [0.25, 0.3) is 5.91 Å². The monoisotopic (exact) mass is 372 g/mol. The lowest BCUT2D eigenvalue weighted by Crippen LogP contribution is -2.30. The van der Waals surface area contributed by atoms with Gasteiger partial charge in [0, 0.05) is 10.9 Å². The lowest BCUT2D eigenvalue weighted by molar-refractivity contribution is -0.123. The second-order valence-electron chi connectivity index (χ2n) is 5.45. The molecule has 134 valence electrons. The van der Waals surface area contributed by atoms with Crippen LogP contribution < -0.4 is 11.1 Å². The predicted molar refractivity (Wildman–Crippen MR) is 96.7 cm³/mol. The highest BCUT2D eigenvalue weighted by Crippen LogP contribution is 2.25. The van der Waals surface area contributed by atoms with Crippen LogP contribution >= 0.6 is 11.3 Å². The van der Waals surface area contributed by atoms with E-state index in [0.29, 0.717) is 10.8 Å². The summed E-state index contributed by atoms with van der Waals surface area (Å²) in [7, 11) is 0. The number of nitrogens with one attached hydrogen (secondary N) is 1. The molecule has 1 unspecified atom stereocenters. The molecule has 0 radical (unpaired) electrons. The molecule has 0 saturated heterocycles. The van der Waals surface area contributed by atoms with Gasteiger partial charge >= 0.3 is 5.97 Å². The number of aryl methyl sites for hydroxylation is 1. The normalized spacial score (nSPS) is 11.8. The fourth-order valence-electron chi connectivity index (χ4n) is 2.19. The molecule has 8 nitrogen and oxygen atoms in total. The first kappa shape index (κ1) is 17.6. The lowest BCUT2D eigenvalue weighted by atomic mass is 10.2. The highest BCUT2D eigenvalue weighted by molar-refractivity contribution is 7.14. The second kappa shape index (κ2) is 7.36. The molecule has 3 rings (SSSR count). The van der Waals surface area contributed by atoms with Crippen LogP contribution in [-0.4, -0.2) is 28.1 Å². The van der Waals surface area contributed by atoms with Gasteiger partial charge in [-0.3, -0.25) is 10.1 Å². The number of carbonyl (C=O) groups excluding carboxylic acids is 2. The SMILES string of the molecule is Cc1noc(N)c1C(=O)OC(C)C(=O)Nc1nc(-c2ccccc2)cs1. The molecule has 2 heterocycles. The van der Waals surface area contributed by atoms with Crippen molar-refractivity contribution in [2.24, 2.45) is 0 Å². The molecule has 0 aliphatic carbocycles. The van der Waals surface area contributed by atoms with Gasteiger partial charge in [0.2, 0.25) is 5.88 Å². The summed E-state index contributed by atoms with van der Waals surface area (Å²) in [6.07, 6.45) is -1.04. The number of nitrogen functional groups attached to an aromatic ring is 1. The number of carbonyl (C=O) groups is 2. The Hall–Kier alpha value is -3.20. The van der Waals surface area contributed by atoms with Crippen molar-refractivity contribution in [3.63, 3.8) is 0 Å². The fraction of sp³-hybridized carbons (Fsp3) is 0.176. The van der Waals surface area contributed by atoms with Gasteiger partial charge in [-0.15, -0.1) is 11.3 Å². The lowest BCUT2D eigenvalue weighted by Gasteiger charge is -2.11. The van der Waals surface area contributed by atoms with Gasteiger partial charge in [0.1, 0.15) is 5.56 Å². The molecular weight excluding hydrogens is 356 g/mol. The third-order valence-corrected chi connectivity index (χ3v) is 4.31. The third-order valence-electron chi connectivity index (χ3n) is 3.55.